The van der Waals surface area contributed by atoms with Gasteiger partial charge >= 0.3 is 0 Å². The third-order valence-corrected chi connectivity index (χ3v) is 4.41. The van der Waals surface area contributed by atoms with Crippen LogP contribution in [-0.2, 0) is 6.54 Å². The monoisotopic (exact) mass is 298 g/mol. The molecule has 3 aromatic rings. The van der Waals surface area contributed by atoms with Gasteiger partial charge in [-0.15, -0.1) is 11.3 Å². The Labute approximate surface area is 125 Å². The van der Waals surface area contributed by atoms with Crippen molar-refractivity contribution in [2.75, 3.05) is 5.73 Å². The molecule has 2 heterocycles. The lowest BCUT2D eigenvalue weighted by atomic mass is 10.1. The van der Waals surface area contributed by atoms with Crippen molar-refractivity contribution in [2.45, 2.75) is 6.54 Å². The van der Waals surface area contributed by atoms with Gasteiger partial charge in [0.05, 0.1) is 11.4 Å². The number of rotatable bonds is 3. The first kappa shape index (κ1) is 13.5. The number of carbonyl (C=O) groups is 1. The molecule has 0 atom stereocenters. The molecule has 1 amide bonds. The van der Waals surface area contributed by atoms with E-state index in [0.717, 1.165) is 22.2 Å². The standard InChI is InChI=1S/C15H14N4OS/c16-7-9-6-10(8-4-2-1-3-5-8)19-15-11(9)12(17)13(21-15)14(18)20/h1-6H,7,16-17H2,(H2,18,20). The number of amides is 1. The van der Waals surface area contributed by atoms with Crippen LogP contribution in [0, 0.1) is 0 Å². The normalized spacial score (nSPS) is 10.9. The van der Waals surface area contributed by atoms with Gasteiger partial charge < -0.3 is 17.2 Å². The number of primary amides is 1. The number of thiophene rings is 1. The smallest absolute Gasteiger partial charge is 0.260 e. The second-order valence-corrected chi connectivity index (χ2v) is 5.63. The Balaban J connectivity index is 2.30. The Morgan fingerprint density at radius 1 is 1.24 bits per heavy atom. The van der Waals surface area contributed by atoms with Crippen LogP contribution in [0.1, 0.15) is 15.2 Å². The number of anilines is 1. The molecule has 6 N–H and O–H groups in total. The minimum atomic E-state index is -0.542. The predicted octanol–water partition coefficient (Wildman–Crippen LogP) is 2.10. The molecule has 0 unspecified atom stereocenters. The molecule has 0 fully saturated rings. The lowest BCUT2D eigenvalue weighted by molar-refractivity contribution is 0.100. The van der Waals surface area contributed by atoms with Crippen molar-refractivity contribution in [3.05, 3.63) is 46.8 Å². The Kier molecular flexibility index (Phi) is 3.32. The van der Waals surface area contributed by atoms with Crippen molar-refractivity contribution in [1.29, 1.82) is 0 Å². The number of carbonyl (C=O) groups excluding carboxylic acids is 1. The first-order valence-corrected chi connectivity index (χ1v) is 7.20. The zero-order chi connectivity index (χ0) is 15.0. The fourth-order valence-electron chi connectivity index (χ4n) is 2.30. The molecular formula is C15H14N4OS. The van der Waals surface area contributed by atoms with Crippen LogP contribution in [0.5, 0.6) is 0 Å². The van der Waals surface area contributed by atoms with Crippen LogP contribution >= 0.6 is 11.3 Å². The fourth-order valence-corrected chi connectivity index (χ4v) is 3.29. The van der Waals surface area contributed by atoms with Gasteiger partial charge in [-0.05, 0) is 11.6 Å². The minimum Gasteiger partial charge on any atom is -0.397 e. The van der Waals surface area contributed by atoms with Crippen LogP contribution in [0.3, 0.4) is 0 Å². The summed E-state index contributed by atoms with van der Waals surface area (Å²) >= 11 is 1.20. The largest absolute Gasteiger partial charge is 0.397 e. The number of nitrogen functional groups attached to an aromatic ring is 1. The van der Waals surface area contributed by atoms with E-state index >= 15 is 0 Å². The van der Waals surface area contributed by atoms with Crippen molar-refractivity contribution in [3.8, 4) is 11.3 Å². The van der Waals surface area contributed by atoms with E-state index in [1.165, 1.54) is 11.3 Å². The summed E-state index contributed by atoms with van der Waals surface area (Å²) < 4.78 is 0. The van der Waals surface area contributed by atoms with E-state index in [0.29, 0.717) is 21.9 Å². The second-order valence-electron chi connectivity index (χ2n) is 4.63. The van der Waals surface area contributed by atoms with Crippen LogP contribution in [0.2, 0.25) is 0 Å². The molecule has 0 radical (unpaired) electrons. The van der Waals surface area contributed by atoms with Crippen LogP contribution in [0.15, 0.2) is 36.4 Å². The number of fused-ring (bicyclic) bond motifs is 1. The number of pyridine rings is 1. The summed E-state index contributed by atoms with van der Waals surface area (Å²) in [5.74, 6) is -0.542. The number of nitrogens with zero attached hydrogens (tertiary/aromatic N) is 1. The summed E-state index contributed by atoms with van der Waals surface area (Å²) in [5, 5.41) is 0.732. The molecule has 0 aliphatic rings. The summed E-state index contributed by atoms with van der Waals surface area (Å²) in [6.45, 7) is 0.317. The highest BCUT2D eigenvalue weighted by molar-refractivity contribution is 7.21. The van der Waals surface area contributed by atoms with Crippen molar-refractivity contribution in [1.82, 2.24) is 4.98 Å². The maximum Gasteiger partial charge on any atom is 0.260 e. The summed E-state index contributed by atoms with van der Waals surface area (Å²) in [6.07, 6.45) is 0. The van der Waals surface area contributed by atoms with Crippen LogP contribution < -0.4 is 17.2 Å². The number of aromatic nitrogens is 1. The van der Waals surface area contributed by atoms with Gasteiger partial charge in [-0.3, -0.25) is 4.79 Å². The summed E-state index contributed by atoms with van der Waals surface area (Å²) in [6, 6.07) is 11.7. The van der Waals surface area contributed by atoms with Crippen molar-refractivity contribution >= 4 is 33.1 Å². The highest BCUT2D eigenvalue weighted by Crippen LogP contribution is 2.36. The number of nitrogens with two attached hydrogens (primary N) is 3. The SMILES string of the molecule is NCc1cc(-c2ccccc2)nc2sc(C(N)=O)c(N)c12. The van der Waals surface area contributed by atoms with E-state index in [9.17, 15) is 4.79 Å². The minimum absolute atomic E-state index is 0.317. The number of hydrogen-bond donors (Lipinski definition) is 3. The Morgan fingerprint density at radius 3 is 2.57 bits per heavy atom. The number of hydrogen-bond acceptors (Lipinski definition) is 5. The highest BCUT2D eigenvalue weighted by Gasteiger charge is 2.18. The van der Waals surface area contributed by atoms with Gasteiger partial charge in [0.25, 0.3) is 5.91 Å². The third-order valence-electron chi connectivity index (χ3n) is 3.29. The van der Waals surface area contributed by atoms with E-state index in [4.69, 9.17) is 17.2 Å². The Bertz CT molecular complexity index is 827. The van der Waals surface area contributed by atoms with Crippen molar-refractivity contribution in [2.24, 2.45) is 11.5 Å². The average Bonchev–Trinajstić information content (AvgIpc) is 2.85. The van der Waals surface area contributed by atoms with Crippen LogP contribution in [0.4, 0.5) is 5.69 Å². The zero-order valence-electron chi connectivity index (χ0n) is 11.2. The zero-order valence-corrected chi connectivity index (χ0v) is 12.0. The molecule has 0 spiro atoms. The molecule has 0 aliphatic carbocycles. The molecule has 0 saturated heterocycles. The van der Waals surface area contributed by atoms with Crippen molar-refractivity contribution < 1.29 is 4.79 Å². The van der Waals surface area contributed by atoms with Gasteiger partial charge in [0, 0.05) is 17.5 Å². The Hall–Kier alpha value is -2.44. The molecule has 21 heavy (non-hydrogen) atoms. The van der Waals surface area contributed by atoms with Gasteiger partial charge in [-0.2, -0.15) is 0 Å². The van der Waals surface area contributed by atoms with Crippen LogP contribution in [0.25, 0.3) is 21.5 Å². The molecule has 2 aromatic heterocycles. The van der Waals surface area contributed by atoms with E-state index in [1.54, 1.807) is 0 Å². The first-order chi connectivity index (χ1) is 10.1. The molecule has 1 aromatic carbocycles. The molecular weight excluding hydrogens is 284 g/mol. The summed E-state index contributed by atoms with van der Waals surface area (Å²) in [5.41, 5.74) is 20.2. The molecule has 0 aliphatic heterocycles. The van der Waals surface area contributed by atoms with E-state index in [-0.39, 0.29) is 0 Å². The van der Waals surface area contributed by atoms with Gasteiger partial charge in [0.1, 0.15) is 9.71 Å². The van der Waals surface area contributed by atoms with Gasteiger partial charge in [-0.25, -0.2) is 4.98 Å². The lowest BCUT2D eigenvalue weighted by Crippen LogP contribution is -2.10. The quantitative estimate of drug-likeness (QED) is 0.688. The summed E-state index contributed by atoms with van der Waals surface area (Å²) in [4.78, 5) is 17.0. The fraction of sp³-hybridized carbons (Fsp3) is 0.0667. The highest BCUT2D eigenvalue weighted by atomic mass is 32.1. The maximum absolute atomic E-state index is 11.4. The maximum atomic E-state index is 11.4. The lowest BCUT2D eigenvalue weighted by Gasteiger charge is -2.06. The van der Waals surface area contributed by atoms with Gasteiger partial charge in [-0.1, -0.05) is 30.3 Å². The Morgan fingerprint density at radius 2 is 1.95 bits per heavy atom. The molecule has 6 heteroatoms. The van der Waals surface area contributed by atoms with E-state index in [1.807, 2.05) is 36.4 Å². The molecule has 0 saturated carbocycles. The molecule has 5 nitrogen and oxygen atoms in total. The second kappa shape index (κ2) is 5.16. The molecule has 106 valence electrons. The average molecular weight is 298 g/mol. The van der Waals surface area contributed by atoms with E-state index in [2.05, 4.69) is 4.98 Å². The van der Waals surface area contributed by atoms with Crippen LogP contribution in [-0.4, -0.2) is 10.9 Å². The molecule has 0 bridgehead atoms. The first-order valence-electron chi connectivity index (χ1n) is 6.39. The number of benzene rings is 1. The van der Waals surface area contributed by atoms with E-state index < -0.39 is 5.91 Å². The van der Waals surface area contributed by atoms with Crippen molar-refractivity contribution in [3.63, 3.8) is 0 Å². The third kappa shape index (κ3) is 2.24. The molecule has 3 rings (SSSR count). The summed E-state index contributed by atoms with van der Waals surface area (Å²) in [7, 11) is 0. The topological polar surface area (TPSA) is 108 Å². The predicted molar refractivity (Wildman–Crippen MR) is 85.9 cm³/mol. The van der Waals surface area contributed by atoms with Gasteiger partial charge in [0.2, 0.25) is 0 Å². The van der Waals surface area contributed by atoms with Gasteiger partial charge in [0.15, 0.2) is 0 Å².